The fourth-order valence-electron chi connectivity index (χ4n) is 4.29. The van der Waals surface area contributed by atoms with Gasteiger partial charge in [0.25, 0.3) is 0 Å². The van der Waals surface area contributed by atoms with E-state index in [2.05, 4.69) is 74.4 Å². The third-order valence-electron chi connectivity index (χ3n) is 5.45. The van der Waals surface area contributed by atoms with Crippen LogP contribution in [0.4, 0.5) is 5.82 Å². The number of aryl methyl sites for hydroxylation is 3. The highest BCUT2D eigenvalue weighted by atomic mass is 15.4. The van der Waals surface area contributed by atoms with Crippen LogP contribution in [0.1, 0.15) is 37.1 Å². The van der Waals surface area contributed by atoms with Crippen molar-refractivity contribution in [1.82, 2.24) is 14.6 Å². The molecule has 1 aliphatic heterocycles. The van der Waals surface area contributed by atoms with Gasteiger partial charge in [-0.25, -0.2) is 4.98 Å². The Morgan fingerprint density at radius 2 is 1.62 bits per heavy atom. The Kier molecular flexibility index (Phi) is 4.22. The van der Waals surface area contributed by atoms with Gasteiger partial charge >= 0.3 is 0 Å². The lowest BCUT2D eigenvalue weighted by atomic mass is 9.92. The van der Waals surface area contributed by atoms with E-state index in [4.69, 9.17) is 10.1 Å². The fourth-order valence-corrected chi connectivity index (χ4v) is 4.29. The molecule has 4 rings (SSSR count). The number of hydrogen-bond donors (Lipinski definition) is 0. The molecule has 3 aromatic rings. The molecule has 2 atom stereocenters. The van der Waals surface area contributed by atoms with E-state index < -0.39 is 0 Å². The third kappa shape index (κ3) is 2.98. The molecule has 0 unspecified atom stereocenters. The van der Waals surface area contributed by atoms with Gasteiger partial charge in [0.1, 0.15) is 5.82 Å². The summed E-state index contributed by atoms with van der Waals surface area (Å²) in [7, 11) is 0. The van der Waals surface area contributed by atoms with Crippen molar-refractivity contribution in [3.63, 3.8) is 0 Å². The van der Waals surface area contributed by atoms with Crippen molar-refractivity contribution < 1.29 is 0 Å². The van der Waals surface area contributed by atoms with E-state index in [1.54, 1.807) is 0 Å². The normalized spacial score (nSPS) is 20.7. The van der Waals surface area contributed by atoms with Crippen LogP contribution in [0.2, 0.25) is 0 Å². The van der Waals surface area contributed by atoms with Crippen LogP contribution in [0.25, 0.3) is 16.9 Å². The molecular weight excluding hydrogens is 320 g/mol. The highest BCUT2D eigenvalue weighted by Gasteiger charge is 2.25. The van der Waals surface area contributed by atoms with Gasteiger partial charge in [-0.15, -0.1) is 0 Å². The Morgan fingerprint density at radius 3 is 2.27 bits per heavy atom. The minimum atomic E-state index is 0.704. The molecule has 136 valence electrons. The summed E-state index contributed by atoms with van der Waals surface area (Å²) in [4.78, 5) is 7.30. The monoisotopic (exact) mass is 348 g/mol. The quantitative estimate of drug-likeness (QED) is 0.667. The van der Waals surface area contributed by atoms with Crippen LogP contribution in [-0.2, 0) is 0 Å². The van der Waals surface area contributed by atoms with Gasteiger partial charge in [0, 0.05) is 36.0 Å². The Morgan fingerprint density at radius 1 is 0.962 bits per heavy atom. The molecule has 0 bridgehead atoms. The molecule has 26 heavy (non-hydrogen) atoms. The summed E-state index contributed by atoms with van der Waals surface area (Å²) in [5.41, 5.74) is 6.63. The molecule has 4 heteroatoms. The van der Waals surface area contributed by atoms with Gasteiger partial charge in [-0.2, -0.15) is 9.61 Å². The molecule has 1 saturated heterocycles. The Bertz CT molecular complexity index is 929. The van der Waals surface area contributed by atoms with E-state index in [0.29, 0.717) is 11.8 Å². The maximum atomic E-state index is 4.99. The highest BCUT2D eigenvalue weighted by molar-refractivity contribution is 5.72. The number of piperidine rings is 1. The standard InChI is InChI=1S/C22H28N4/c1-14-6-8-19(9-7-14)21-18(5)22-23-17(4)11-20(26(22)24-21)25-12-15(2)10-16(3)13-25/h6-9,11,15-16H,10,12-13H2,1-5H3/t15-,16+. The SMILES string of the molecule is Cc1ccc(-c2nn3c(N4C[C@H](C)C[C@H](C)C4)cc(C)nc3c2C)cc1. The number of aromatic nitrogens is 3. The smallest absolute Gasteiger partial charge is 0.161 e. The van der Waals surface area contributed by atoms with E-state index in [-0.39, 0.29) is 0 Å². The summed E-state index contributed by atoms with van der Waals surface area (Å²) in [5, 5.41) is 4.99. The summed E-state index contributed by atoms with van der Waals surface area (Å²) in [6, 6.07) is 10.8. The van der Waals surface area contributed by atoms with Crippen LogP contribution in [0.5, 0.6) is 0 Å². The summed E-state index contributed by atoms with van der Waals surface area (Å²) >= 11 is 0. The molecule has 0 radical (unpaired) electrons. The predicted octanol–water partition coefficient (Wildman–Crippen LogP) is 4.80. The summed E-state index contributed by atoms with van der Waals surface area (Å²) < 4.78 is 2.06. The number of fused-ring (bicyclic) bond motifs is 1. The molecule has 3 heterocycles. The molecule has 0 amide bonds. The van der Waals surface area contributed by atoms with Crippen molar-refractivity contribution in [1.29, 1.82) is 0 Å². The maximum Gasteiger partial charge on any atom is 0.161 e. The molecule has 0 N–H and O–H groups in total. The lowest BCUT2D eigenvalue weighted by Crippen LogP contribution is -2.39. The van der Waals surface area contributed by atoms with Crippen LogP contribution in [0.15, 0.2) is 30.3 Å². The van der Waals surface area contributed by atoms with E-state index >= 15 is 0 Å². The molecular formula is C22H28N4. The van der Waals surface area contributed by atoms with Crippen molar-refractivity contribution >= 4 is 11.5 Å². The topological polar surface area (TPSA) is 33.4 Å². The molecule has 0 aliphatic carbocycles. The van der Waals surface area contributed by atoms with Crippen LogP contribution in [-0.4, -0.2) is 27.7 Å². The fraction of sp³-hybridized carbons (Fsp3) is 0.455. The largest absolute Gasteiger partial charge is 0.356 e. The average molecular weight is 348 g/mol. The summed E-state index contributed by atoms with van der Waals surface area (Å²) in [5.74, 6) is 2.58. The maximum absolute atomic E-state index is 4.99. The number of rotatable bonds is 2. The molecule has 4 nitrogen and oxygen atoms in total. The van der Waals surface area contributed by atoms with Crippen molar-refractivity contribution in [2.75, 3.05) is 18.0 Å². The van der Waals surface area contributed by atoms with Crippen LogP contribution < -0.4 is 4.90 Å². The van der Waals surface area contributed by atoms with Gasteiger partial charge in [0.2, 0.25) is 0 Å². The average Bonchev–Trinajstić information content (AvgIpc) is 2.91. The van der Waals surface area contributed by atoms with E-state index in [1.165, 1.54) is 17.8 Å². The van der Waals surface area contributed by atoms with Crippen molar-refractivity contribution in [2.45, 2.75) is 41.0 Å². The second-order valence-corrected chi connectivity index (χ2v) is 8.18. The first-order valence-corrected chi connectivity index (χ1v) is 9.61. The lowest BCUT2D eigenvalue weighted by molar-refractivity contribution is 0.354. The third-order valence-corrected chi connectivity index (χ3v) is 5.45. The number of benzene rings is 1. The van der Waals surface area contributed by atoms with E-state index in [9.17, 15) is 0 Å². The first-order valence-electron chi connectivity index (χ1n) is 9.61. The minimum absolute atomic E-state index is 0.704. The molecule has 1 fully saturated rings. The van der Waals surface area contributed by atoms with Gasteiger partial charge in [0.15, 0.2) is 5.65 Å². The zero-order chi connectivity index (χ0) is 18.4. The minimum Gasteiger partial charge on any atom is -0.356 e. The van der Waals surface area contributed by atoms with Gasteiger partial charge in [-0.1, -0.05) is 43.7 Å². The number of nitrogens with zero attached hydrogens (tertiary/aromatic N) is 4. The van der Waals surface area contributed by atoms with Crippen LogP contribution in [0.3, 0.4) is 0 Å². The molecule has 0 spiro atoms. The number of anilines is 1. The van der Waals surface area contributed by atoms with Gasteiger partial charge in [-0.05, 0) is 39.0 Å². The molecule has 2 aromatic heterocycles. The van der Waals surface area contributed by atoms with E-state index in [0.717, 1.165) is 41.3 Å². The highest BCUT2D eigenvalue weighted by Crippen LogP contribution is 2.31. The Balaban J connectivity index is 1.86. The Labute approximate surface area is 155 Å². The molecule has 1 aliphatic rings. The number of hydrogen-bond acceptors (Lipinski definition) is 3. The molecule has 0 saturated carbocycles. The second-order valence-electron chi connectivity index (χ2n) is 8.18. The van der Waals surface area contributed by atoms with Crippen LogP contribution in [0, 0.1) is 32.6 Å². The second kappa shape index (κ2) is 6.42. The predicted molar refractivity (Wildman–Crippen MR) is 108 cm³/mol. The lowest BCUT2D eigenvalue weighted by Gasteiger charge is -2.36. The van der Waals surface area contributed by atoms with Gasteiger partial charge < -0.3 is 4.90 Å². The first kappa shape index (κ1) is 17.1. The van der Waals surface area contributed by atoms with Crippen molar-refractivity contribution in [3.8, 4) is 11.3 Å². The van der Waals surface area contributed by atoms with E-state index in [1.807, 2.05) is 0 Å². The molecule has 1 aromatic carbocycles. The summed E-state index contributed by atoms with van der Waals surface area (Å²) in [6.45, 7) is 13.2. The zero-order valence-corrected chi connectivity index (χ0v) is 16.5. The Hall–Kier alpha value is -2.36. The van der Waals surface area contributed by atoms with Crippen molar-refractivity contribution in [3.05, 3.63) is 47.2 Å². The van der Waals surface area contributed by atoms with Gasteiger partial charge in [0.05, 0.1) is 5.69 Å². The first-order chi connectivity index (χ1) is 12.4. The van der Waals surface area contributed by atoms with Crippen molar-refractivity contribution in [2.24, 2.45) is 11.8 Å². The van der Waals surface area contributed by atoms with Gasteiger partial charge in [-0.3, -0.25) is 0 Å². The zero-order valence-electron chi connectivity index (χ0n) is 16.5. The summed E-state index contributed by atoms with van der Waals surface area (Å²) in [6.07, 6.45) is 1.30. The van der Waals surface area contributed by atoms with Crippen LogP contribution >= 0.6 is 0 Å².